The van der Waals surface area contributed by atoms with Crippen LogP contribution in [0.2, 0.25) is 0 Å². The molecule has 1 fully saturated rings. The maximum Gasteiger partial charge on any atom is 0.253 e. The number of hydrogen-bond acceptors (Lipinski definition) is 6. The molecule has 1 atom stereocenters. The van der Waals surface area contributed by atoms with E-state index >= 15 is 0 Å². The number of pyridine rings is 1. The van der Waals surface area contributed by atoms with Crippen molar-refractivity contribution in [3.8, 4) is 5.75 Å². The molecule has 6 rings (SSSR count). The second-order valence-electron chi connectivity index (χ2n) is 10.4. The van der Waals surface area contributed by atoms with Gasteiger partial charge in [-0.3, -0.25) is 9.69 Å². The number of nitrogens with one attached hydrogen (secondary N) is 1. The van der Waals surface area contributed by atoms with Gasteiger partial charge in [-0.25, -0.2) is 9.07 Å². The van der Waals surface area contributed by atoms with Crippen LogP contribution >= 0.6 is 0 Å². The van der Waals surface area contributed by atoms with Gasteiger partial charge < -0.3 is 9.72 Å². The summed E-state index contributed by atoms with van der Waals surface area (Å²) in [5, 5.41) is 13.6. The van der Waals surface area contributed by atoms with Gasteiger partial charge in [0.15, 0.2) is 5.82 Å². The van der Waals surface area contributed by atoms with Crippen LogP contribution in [0.1, 0.15) is 41.4 Å². The molecule has 1 saturated heterocycles. The normalized spacial score (nSPS) is 15.3. The zero-order chi connectivity index (χ0) is 27.5. The Balaban J connectivity index is 1.35. The van der Waals surface area contributed by atoms with Crippen LogP contribution in [0.5, 0.6) is 5.75 Å². The molecular weight excluding hydrogens is 507 g/mol. The molecular formula is C31H31FN6O2. The van der Waals surface area contributed by atoms with Gasteiger partial charge in [0, 0.05) is 16.5 Å². The summed E-state index contributed by atoms with van der Waals surface area (Å²) in [6.45, 7) is 1.98. The monoisotopic (exact) mass is 538 g/mol. The molecule has 1 unspecified atom stereocenters. The van der Waals surface area contributed by atoms with Crippen molar-refractivity contribution in [3.63, 3.8) is 0 Å². The molecule has 8 nitrogen and oxygen atoms in total. The fraction of sp³-hybridized carbons (Fsp3) is 0.290. The molecule has 0 aliphatic carbocycles. The van der Waals surface area contributed by atoms with Crippen LogP contribution in [0.15, 0.2) is 83.7 Å². The van der Waals surface area contributed by atoms with Gasteiger partial charge in [0.2, 0.25) is 0 Å². The molecule has 3 aromatic carbocycles. The van der Waals surface area contributed by atoms with Crippen LogP contribution in [-0.2, 0) is 13.0 Å². The summed E-state index contributed by atoms with van der Waals surface area (Å²) >= 11 is 0. The first-order valence-electron chi connectivity index (χ1n) is 13.6. The minimum absolute atomic E-state index is 0.176. The zero-order valence-corrected chi connectivity index (χ0v) is 22.3. The molecule has 5 aromatic rings. The van der Waals surface area contributed by atoms with E-state index in [9.17, 15) is 9.18 Å². The van der Waals surface area contributed by atoms with E-state index in [2.05, 4.69) is 49.7 Å². The number of rotatable bonds is 8. The molecule has 2 aromatic heterocycles. The average molecular weight is 539 g/mol. The third-order valence-corrected chi connectivity index (χ3v) is 7.81. The van der Waals surface area contributed by atoms with Gasteiger partial charge in [0.05, 0.1) is 13.7 Å². The van der Waals surface area contributed by atoms with Crippen molar-refractivity contribution in [3.05, 3.63) is 118 Å². The van der Waals surface area contributed by atoms with Crippen LogP contribution < -0.4 is 10.3 Å². The van der Waals surface area contributed by atoms with Crippen molar-refractivity contribution in [2.45, 2.75) is 31.8 Å². The standard InChI is InChI=1S/C31H31FN6O2/c1-40-26-11-12-28-24(18-26)19-27(31(39)33-28)29(30-34-35-36-38(30)20-23-7-9-25(32)10-8-23)37-15-13-22(14-16-37)17-21-5-3-2-4-6-21/h2-12,18-19,22,29H,13-17,20H2,1H3,(H,33,39). The number of methoxy groups -OCH3 is 1. The molecule has 40 heavy (non-hydrogen) atoms. The summed E-state index contributed by atoms with van der Waals surface area (Å²) in [6.07, 6.45) is 3.05. The first-order valence-corrected chi connectivity index (χ1v) is 13.6. The fourth-order valence-corrected chi connectivity index (χ4v) is 5.68. The Morgan fingerprint density at radius 2 is 1.77 bits per heavy atom. The Kier molecular flexibility index (Phi) is 7.37. The van der Waals surface area contributed by atoms with Gasteiger partial charge in [0.25, 0.3) is 5.56 Å². The van der Waals surface area contributed by atoms with Crippen LogP contribution in [0, 0.1) is 11.7 Å². The minimum atomic E-state index is -0.451. The van der Waals surface area contributed by atoms with E-state index in [1.807, 2.05) is 30.3 Å². The van der Waals surface area contributed by atoms with Crippen molar-refractivity contribution in [2.24, 2.45) is 5.92 Å². The molecule has 3 heterocycles. The average Bonchev–Trinajstić information content (AvgIpc) is 3.43. The van der Waals surface area contributed by atoms with Crippen LogP contribution in [0.4, 0.5) is 4.39 Å². The Hall–Kier alpha value is -4.37. The number of piperidine rings is 1. The second-order valence-corrected chi connectivity index (χ2v) is 10.4. The number of ether oxygens (including phenoxy) is 1. The lowest BCUT2D eigenvalue weighted by Gasteiger charge is -2.37. The number of nitrogens with zero attached hydrogens (tertiary/aromatic N) is 5. The molecule has 0 radical (unpaired) electrons. The van der Waals surface area contributed by atoms with Gasteiger partial charge in [-0.15, -0.1) is 5.10 Å². The van der Waals surface area contributed by atoms with Crippen LogP contribution in [0.3, 0.4) is 0 Å². The Bertz CT molecular complexity index is 1640. The highest BCUT2D eigenvalue weighted by Gasteiger charge is 2.33. The number of aromatic amines is 1. The van der Waals surface area contributed by atoms with Gasteiger partial charge in [0.1, 0.15) is 17.6 Å². The number of likely N-dealkylation sites (tertiary alicyclic amines) is 1. The molecule has 0 spiro atoms. The lowest BCUT2D eigenvalue weighted by molar-refractivity contribution is 0.143. The van der Waals surface area contributed by atoms with E-state index in [-0.39, 0.29) is 11.4 Å². The van der Waals surface area contributed by atoms with Crippen molar-refractivity contribution in [1.82, 2.24) is 30.1 Å². The lowest BCUT2D eigenvalue weighted by Crippen LogP contribution is -2.41. The minimum Gasteiger partial charge on any atom is -0.497 e. The summed E-state index contributed by atoms with van der Waals surface area (Å²) in [5.74, 6) is 1.56. The maximum absolute atomic E-state index is 13.5. The van der Waals surface area contributed by atoms with E-state index in [0.29, 0.717) is 29.6 Å². The van der Waals surface area contributed by atoms with Crippen molar-refractivity contribution in [2.75, 3.05) is 20.2 Å². The van der Waals surface area contributed by atoms with E-state index in [1.54, 1.807) is 23.9 Å². The second kappa shape index (κ2) is 11.4. The highest BCUT2D eigenvalue weighted by molar-refractivity contribution is 5.80. The fourth-order valence-electron chi connectivity index (χ4n) is 5.68. The highest BCUT2D eigenvalue weighted by Crippen LogP contribution is 2.32. The summed E-state index contributed by atoms with van der Waals surface area (Å²) in [6, 6.07) is 23.9. The Labute approximate surface area is 231 Å². The van der Waals surface area contributed by atoms with Crippen LogP contribution in [-0.4, -0.2) is 50.3 Å². The molecule has 204 valence electrons. The molecule has 0 bridgehead atoms. The third kappa shape index (κ3) is 5.51. The largest absolute Gasteiger partial charge is 0.497 e. The van der Waals surface area contributed by atoms with Crippen molar-refractivity contribution < 1.29 is 9.13 Å². The number of fused-ring (bicyclic) bond motifs is 1. The predicted octanol–water partition coefficient (Wildman–Crippen LogP) is 4.75. The van der Waals surface area contributed by atoms with Crippen LogP contribution in [0.25, 0.3) is 10.9 Å². The van der Waals surface area contributed by atoms with E-state index in [0.717, 1.165) is 48.8 Å². The molecule has 0 amide bonds. The summed E-state index contributed by atoms with van der Waals surface area (Å²) in [5.41, 5.74) is 3.36. The Morgan fingerprint density at radius 1 is 1.00 bits per heavy atom. The number of hydrogen-bond donors (Lipinski definition) is 1. The predicted molar refractivity (Wildman–Crippen MR) is 151 cm³/mol. The zero-order valence-electron chi connectivity index (χ0n) is 22.3. The number of tetrazole rings is 1. The quantitative estimate of drug-likeness (QED) is 0.307. The van der Waals surface area contributed by atoms with Gasteiger partial charge in [-0.1, -0.05) is 42.5 Å². The maximum atomic E-state index is 13.5. The van der Waals surface area contributed by atoms with E-state index in [1.165, 1.54) is 17.7 Å². The van der Waals surface area contributed by atoms with E-state index < -0.39 is 6.04 Å². The number of halogens is 1. The number of aromatic nitrogens is 5. The van der Waals surface area contributed by atoms with Crippen molar-refractivity contribution in [1.29, 1.82) is 0 Å². The third-order valence-electron chi connectivity index (χ3n) is 7.81. The van der Waals surface area contributed by atoms with Gasteiger partial charge in [-0.2, -0.15) is 0 Å². The SMILES string of the molecule is COc1ccc2[nH]c(=O)c(C(c3nnnn3Cc3ccc(F)cc3)N3CCC(Cc4ccccc4)CC3)cc2c1. The highest BCUT2D eigenvalue weighted by atomic mass is 19.1. The molecule has 1 N–H and O–H groups in total. The first-order chi connectivity index (χ1) is 19.6. The number of H-pyrrole nitrogens is 1. The lowest BCUT2D eigenvalue weighted by atomic mass is 9.89. The molecule has 9 heteroatoms. The molecule has 1 aliphatic rings. The summed E-state index contributed by atoms with van der Waals surface area (Å²) in [4.78, 5) is 18.9. The van der Waals surface area contributed by atoms with E-state index in [4.69, 9.17) is 4.74 Å². The summed E-state index contributed by atoms with van der Waals surface area (Å²) < 4.78 is 20.7. The van der Waals surface area contributed by atoms with Crippen molar-refractivity contribution >= 4 is 10.9 Å². The van der Waals surface area contributed by atoms with Gasteiger partial charge in [-0.05, 0) is 96.2 Å². The topological polar surface area (TPSA) is 88.9 Å². The van der Waals surface area contributed by atoms with Gasteiger partial charge >= 0.3 is 0 Å². The molecule has 0 saturated carbocycles. The molecule has 1 aliphatic heterocycles. The Morgan fingerprint density at radius 3 is 2.52 bits per heavy atom. The number of benzene rings is 3. The smallest absolute Gasteiger partial charge is 0.253 e. The summed E-state index contributed by atoms with van der Waals surface area (Å²) in [7, 11) is 1.62. The first kappa shape index (κ1) is 25.9.